The maximum atomic E-state index is 11.0. The summed E-state index contributed by atoms with van der Waals surface area (Å²) in [5.41, 5.74) is 0.935. The Kier molecular flexibility index (Phi) is 5.60. The molecule has 2 aromatic carbocycles. The van der Waals surface area contributed by atoms with Gasteiger partial charge in [-0.15, -0.1) is 0 Å². The highest BCUT2D eigenvalue weighted by atomic mass is 16.6. The molecule has 0 N–H and O–H groups in total. The van der Waals surface area contributed by atoms with Gasteiger partial charge in [0.2, 0.25) is 0 Å². The number of rotatable bonds is 6. The normalized spacial score (nSPS) is 10.5. The minimum atomic E-state index is -0.377. The molecule has 0 bridgehead atoms. The lowest BCUT2D eigenvalue weighted by atomic mass is 10.2. The van der Waals surface area contributed by atoms with Gasteiger partial charge in [-0.05, 0) is 35.9 Å². The van der Waals surface area contributed by atoms with E-state index >= 15 is 0 Å². The van der Waals surface area contributed by atoms with Crippen LogP contribution in [0, 0.1) is 0 Å². The van der Waals surface area contributed by atoms with Gasteiger partial charge in [-0.25, -0.2) is 0 Å². The first-order valence-corrected chi connectivity index (χ1v) is 6.90. The molecular weight excluding hydrogens is 280 g/mol. The zero-order valence-electron chi connectivity index (χ0n) is 12.6. The lowest BCUT2D eigenvalue weighted by molar-refractivity contribution is -0.132. The van der Waals surface area contributed by atoms with Gasteiger partial charge in [0.25, 0.3) is 0 Å². The van der Waals surface area contributed by atoms with E-state index in [2.05, 4.69) is 0 Å². The first-order valence-electron chi connectivity index (χ1n) is 6.90. The zero-order chi connectivity index (χ0) is 15.8. The second-order valence-corrected chi connectivity index (χ2v) is 4.53. The molecule has 0 saturated heterocycles. The van der Waals surface area contributed by atoms with Gasteiger partial charge in [-0.1, -0.05) is 30.3 Å². The summed E-state index contributed by atoms with van der Waals surface area (Å²) in [5.74, 6) is 1.38. The molecule has 0 aliphatic rings. The number of esters is 1. The lowest BCUT2D eigenvalue weighted by Gasteiger charge is -2.08. The maximum absolute atomic E-state index is 11.0. The summed E-state index contributed by atoms with van der Waals surface area (Å²) in [7, 11) is 1.54. The van der Waals surface area contributed by atoms with Gasteiger partial charge in [0.15, 0.2) is 11.5 Å². The van der Waals surface area contributed by atoms with Crippen molar-refractivity contribution < 1.29 is 19.0 Å². The first-order chi connectivity index (χ1) is 10.7. The molecule has 0 aliphatic heterocycles. The van der Waals surface area contributed by atoms with E-state index in [-0.39, 0.29) is 5.97 Å². The highest BCUT2D eigenvalue weighted by molar-refractivity contribution is 5.71. The molecule has 114 valence electrons. The summed E-state index contributed by atoms with van der Waals surface area (Å²) in [4.78, 5) is 11.0. The van der Waals surface area contributed by atoms with E-state index in [1.807, 2.05) is 48.6 Å². The Morgan fingerprint density at radius 2 is 1.86 bits per heavy atom. The summed E-state index contributed by atoms with van der Waals surface area (Å²) >= 11 is 0. The SMILES string of the molecule is COc1cc(/C=C/COc2ccccc2)ccc1OC(C)=O. The number of hydrogen-bond acceptors (Lipinski definition) is 4. The Balaban J connectivity index is 1.97. The monoisotopic (exact) mass is 298 g/mol. The second-order valence-electron chi connectivity index (χ2n) is 4.53. The Bertz CT molecular complexity index is 647. The van der Waals surface area contributed by atoms with Crippen molar-refractivity contribution in [1.29, 1.82) is 0 Å². The Labute approximate surface area is 129 Å². The van der Waals surface area contributed by atoms with Crippen LogP contribution < -0.4 is 14.2 Å². The van der Waals surface area contributed by atoms with Crippen molar-refractivity contribution in [2.24, 2.45) is 0 Å². The molecule has 2 rings (SSSR count). The molecule has 0 aliphatic carbocycles. The topological polar surface area (TPSA) is 44.8 Å². The minimum Gasteiger partial charge on any atom is -0.493 e. The Hall–Kier alpha value is -2.75. The largest absolute Gasteiger partial charge is 0.493 e. The fraction of sp³-hybridized carbons (Fsp3) is 0.167. The summed E-state index contributed by atoms with van der Waals surface area (Å²) < 4.78 is 15.9. The average molecular weight is 298 g/mol. The van der Waals surface area contributed by atoms with E-state index in [9.17, 15) is 4.79 Å². The van der Waals surface area contributed by atoms with Crippen LogP contribution in [0.15, 0.2) is 54.6 Å². The predicted octanol–water partition coefficient (Wildman–Crippen LogP) is 3.71. The first kappa shape index (κ1) is 15.6. The molecule has 2 aromatic rings. The third-order valence-corrected chi connectivity index (χ3v) is 2.84. The number of benzene rings is 2. The Morgan fingerprint density at radius 3 is 2.55 bits per heavy atom. The number of methoxy groups -OCH3 is 1. The summed E-state index contributed by atoms with van der Waals surface area (Å²) in [6, 6.07) is 15.0. The summed E-state index contributed by atoms with van der Waals surface area (Å²) in [5, 5.41) is 0. The maximum Gasteiger partial charge on any atom is 0.308 e. The van der Waals surface area contributed by atoms with Crippen LogP contribution in [0.25, 0.3) is 6.08 Å². The van der Waals surface area contributed by atoms with Crippen LogP contribution in [0.3, 0.4) is 0 Å². The fourth-order valence-electron chi connectivity index (χ4n) is 1.87. The number of ether oxygens (including phenoxy) is 3. The van der Waals surface area contributed by atoms with Gasteiger partial charge in [-0.2, -0.15) is 0 Å². The van der Waals surface area contributed by atoms with E-state index in [1.165, 1.54) is 14.0 Å². The molecule has 0 spiro atoms. The standard InChI is InChI=1S/C18H18O4/c1-14(19)22-17-11-10-15(13-18(17)20-2)7-6-12-21-16-8-4-3-5-9-16/h3-11,13H,12H2,1-2H3/b7-6+. The third kappa shape index (κ3) is 4.66. The van der Waals surface area contributed by atoms with E-state index in [4.69, 9.17) is 14.2 Å². The van der Waals surface area contributed by atoms with E-state index in [0.717, 1.165) is 11.3 Å². The van der Waals surface area contributed by atoms with Crippen molar-refractivity contribution in [2.75, 3.05) is 13.7 Å². The average Bonchev–Trinajstić information content (AvgIpc) is 2.53. The molecule has 0 heterocycles. The molecular formula is C18H18O4. The van der Waals surface area contributed by atoms with Crippen molar-refractivity contribution in [3.63, 3.8) is 0 Å². The lowest BCUT2D eigenvalue weighted by Crippen LogP contribution is -2.03. The predicted molar refractivity (Wildman–Crippen MR) is 85.3 cm³/mol. The number of carbonyl (C=O) groups is 1. The van der Waals surface area contributed by atoms with Crippen molar-refractivity contribution in [3.8, 4) is 17.2 Å². The molecule has 0 unspecified atom stereocenters. The van der Waals surface area contributed by atoms with Crippen molar-refractivity contribution in [3.05, 3.63) is 60.2 Å². The molecule has 0 atom stereocenters. The van der Waals surface area contributed by atoms with Gasteiger partial charge in [0.1, 0.15) is 12.4 Å². The fourth-order valence-corrected chi connectivity index (χ4v) is 1.87. The van der Waals surface area contributed by atoms with Crippen LogP contribution in [0.1, 0.15) is 12.5 Å². The van der Waals surface area contributed by atoms with E-state index in [1.54, 1.807) is 12.1 Å². The second kappa shape index (κ2) is 7.88. The molecule has 0 amide bonds. The molecule has 4 nitrogen and oxygen atoms in total. The van der Waals surface area contributed by atoms with Gasteiger partial charge in [-0.3, -0.25) is 4.79 Å². The quantitative estimate of drug-likeness (QED) is 0.602. The smallest absolute Gasteiger partial charge is 0.308 e. The van der Waals surface area contributed by atoms with Crippen LogP contribution >= 0.6 is 0 Å². The van der Waals surface area contributed by atoms with Gasteiger partial charge < -0.3 is 14.2 Å². The van der Waals surface area contributed by atoms with E-state index in [0.29, 0.717) is 18.1 Å². The number of para-hydroxylation sites is 1. The zero-order valence-corrected chi connectivity index (χ0v) is 12.6. The van der Waals surface area contributed by atoms with Crippen LogP contribution in [-0.4, -0.2) is 19.7 Å². The molecule has 4 heteroatoms. The van der Waals surface area contributed by atoms with Crippen LogP contribution in [-0.2, 0) is 4.79 Å². The van der Waals surface area contributed by atoms with E-state index < -0.39 is 0 Å². The van der Waals surface area contributed by atoms with Crippen molar-refractivity contribution in [1.82, 2.24) is 0 Å². The van der Waals surface area contributed by atoms with Crippen LogP contribution in [0.2, 0.25) is 0 Å². The highest BCUT2D eigenvalue weighted by Gasteiger charge is 2.06. The van der Waals surface area contributed by atoms with Gasteiger partial charge >= 0.3 is 5.97 Å². The van der Waals surface area contributed by atoms with Gasteiger partial charge in [0.05, 0.1) is 7.11 Å². The summed E-state index contributed by atoms with van der Waals surface area (Å²) in [6.45, 7) is 1.83. The number of carbonyl (C=O) groups excluding carboxylic acids is 1. The number of hydrogen-bond donors (Lipinski definition) is 0. The van der Waals surface area contributed by atoms with Gasteiger partial charge in [0, 0.05) is 6.92 Å². The molecule has 0 radical (unpaired) electrons. The molecule has 0 saturated carbocycles. The minimum absolute atomic E-state index is 0.377. The molecule has 22 heavy (non-hydrogen) atoms. The van der Waals surface area contributed by atoms with Crippen molar-refractivity contribution >= 4 is 12.0 Å². The Morgan fingerprint density at radius 1 is 1.09 bits per heavy atom. The third-order valence-electron chi connectivity index (χ3n) is 2.84. The highest BCUT2D eigenvalue weighted by Crippen LogP contribution is 2.28. The van der Waals surface area contributed by atoms with Crippen molar-refractivity contribution in [2.45, 2.75) is 6.92 Å². The molecule has 0 aromatic heterocycles. The summed E-state index contributed by atoms with van der Waals surface area (Å²) in [6.07, 6.45) is 3.83. The van der Waals surface area contributed by atoms with Crippen LogP contribution in [0.4, 0.5) is 0 Å². The molecule has 0 fully saturated rings. The van der Waals surface area contributed by atoms with Crippen LogP contribution in [0.5, 0.6) is 17.2 Å².